The van der Waals surface area contributed by atoms with Crippen molar-refractivity contribution < 1.29 is 22.4 Å². The first-order valence-corrected chi connectivity index (χ1v) is 9.20. The minimum absolute atomic E-state index is 0.0881. The van der Waals surface area contributed by atoms with E-state index in [0.29, 0.717) is 6.54 Å². The van der Waals surface area contributed by atoms with Gasteiger partial charge in [0.2, 0.25) is 5.91 Å². The van der Waals surface area contributed by atoms with Crippen LogP contribution >= 0.6 is 0 Å². The lowest BCUT2D eigenvalue weighted by atomic mass is 10.1. The first kappa shape index (κ1) is 18.6. The zero-order valence-electron chi connectivity index (χ0n) is 13.7. The number of amides is 2. The second-order valence-electron chi connectivity index (χ2n) is 5.47. The van der Waals surface area contributed by atoms with Gasteiger partial charge in [0.1, 0.15) is 5.82 Å². The molecule has 0 saturated heterocycles. The van der Waals surface area contributed by atoms with E-state index in [1.807, 2.05) is 0 Å². The van der Waals surface area contributed by atoms with Gasteiger partial charge < -0.3 is 10.6 Å². The van der Waals surface area contributed by atoms with Crippen LogP contribution in [0.5, 0.6) is 0 Å². The molecule has 132 valence electrons. The second-order valence-corrected chi connectivity index (χ2v) is 7.49. The summed E-state index contributed by atoms with van der Waals surface area (Å²) in [5.74, 6) is -1.47. The Hall–Kier alpha value is -2.74. The fourth-order valence-electron chi connectivity index (χ4n) is 2.03. The summed E-state index contributed by atoms with van der Waals surface area (Å²) in [5.41, 5.74) is 0.864. The van der Waals surface area contributed by atoms with Gasteiger partial charge in [-0.15, -0.1) is 0 Å². The maximum Gasteiger partial charge on any atom is 0.255 e. The van der Waals surface area contributed by atoms with Crippen molar-refractivity contribution in [3.05, 3.63) is 59.4 Å². The topological polar surface area (TPSA) is 92.3 Å². The van der Waals surface area contributed by atoms with Crippen molar-refractivity contribution in [2.24, 2.45) is 0 Å². The third kappa shape index (κ3) is 5.12. The maximum atomic E-state index is 13.8. The summed E-state index contributed by atoms with van der Waals surface area (Å²) in [6.45, 7) is 1.74. The Kier molecular flexibility index (Phi) is 5.53. The summed E-state index contributed by atoms with van der Waals surface area (Å²) >= 11 is 0. The zero-order valence-corrected chi connectivity index (χ0v) is 14.5. The van der Waals surface area contributed by atoms with Crippen LogP contribution in [0.1, 0.15) is 22.8 Å². The van der Waals surface area contributed by atoms with Gasteiger partial charge >= 0.3 is 0 Å². The molecule has 0 atom stereocenters. The van der Waals surface area contributed by atoms with Crippen molar-refractivity contribution in [1.82, 2.24) is 5.32 Å². The number of nitrogens with one attached hydrogen (secondary N) is 2. The fourth-order valence-corrected chi connectivity index (χ4v) is 2.67. The minimum atomic E-state index is -3.51. The molecule has 0 aliphatic heterocycles. The summed E-state index contributed by atoms with van der Waals surface area (Å²) in [7, 11) is -3.51. The van der Waals surface area contributed by atoms with E-state index in [0.717, 1.165) is 30.0 Å². The van der Waals surface area contributed by atoms with Crippen molar-refractivity contribution in [1.29, 1.82) is 0 Å². The first-order chi connectivity index (χ1) is 11.7. The number of anilines is 1. The Balaban J connectivity index is 2.15. The lowest BCUT2D eigenvalue weighted by Gasteiger charge is -2.09. The molecule has 2 amide bonds. The third-order valence-corrected chi connectivity index (χ3v) is 4.48. The fraction of sp³-hybridized carbons (Fsp3) is 0.176. The Labute approximate surface area is 145 Å². The molecule has 0 aliphatic carbocycles. The van der Waals surface area contributed by atoms with Crippen molar-refractivity contribution in [3.63, 3.8) is 0 Å². The highest BCUT2D eigenvalue weighted by Crippen LogP contribution is 2.20. The van der Waals surface area contributed by atoms with Crippen LogP contribution in [0.4, 0.5) is 10.1 Å². The lowest BCUT2D eigenvalue weighted by molar-refractivity contribution is -0.119. The van der Waals surface area contributed by atoms with Crippen LogP contribution < -0.4 is 10.6 Å². The molecule has 0 saturated carbocycles. The van der Waals surface area contributed by atoms with Crippen molar-refractivity contribution in [2.45, 2.75) is 18.4 Å². The van der Waals surface area contributed by atoms with E-state index in [1.165, 1.54) is 19.1 Å². The molecule has 2 aromatic rings. The average Bonchev–Trinajstić information content (AvgIpc) is 2.54. The molecule has 6 nitrogen and oxygen atoms in total. The number of carbonyl (C=O) groups excluding carboxylic acids is 2. The molecule has 0 spiro atoms. The number of rotatable bonds is 5. The number of hydrogen-bond donors (Lipinski definition) is 2. The van der Waals surface area contributed by atoms with Gasteiger partial charge in [-0.3, -0.25) is 9.59 Å². The highest BCUT2D eigenvalue weighted by Gasteiger charge is 2.14. The van der Waals surface area contributed by atoms with Gasteiger partial charge in [-0.1, -0.05) is 12.1 Å². The molecule has 0 unspecified atom stereocenters. The molecule has 0 aliphatic rings. The van der Waals surface area contributed by atoms with Crippen LogP contribution in [-0.4, -0.2) is 26.5 Å². The van der Waals surface area contributed by atoms with E-state index in [-0.39, 0.29) is 22.1 Å². The molecular weight excluding hydrogens is 347 g/mol. The van der Waals surface area contributed by atoms with Crippen molar-refractivity contribution in [2.75, 3.05) is 11.6 Å². The van der Waals surface area contributed by atoms with Gasteiger partial charge in [-0.25, -0.2) is 12.8 Å². The highest BCUT2D eigenvalue weighted by atomic mass is 32.2. The summed E-state index contributed by atoms with van der Waals surface area (Å²) in [5, 5.41) is 4.99. The Bertz CT molecular complexity index is 909. The largest absolute Gasteiger partial charge is 0.352 e. The summed E-state index contributed by atoms with van der Waals surface area (Å²) in [6.07, 6.45) is 1.000. The molecule has 2 rings (SSSR count). The van der Waals surface area contributed by atoms with E-state index in [1.54, 1.807) is 12.1 Å². The number of halogens is 1. The smallest absolute Gasteiger partial charge is 0.255 e. The SMILES string of the molecule is CC(=O)NCc1ccc(C(=O)Nc2cc(S(C)(=O)=O)ccc2F)cc1. The van der Waals surface area contributed by atoms with Crippen LogP contribution in [0.3, 0.4) is 0 Å². The number of carbonyl (C=O) groups is 2. The normalized spacial score (nSPS) is 11.0. The van der Waals surface area contributed by atoms with Gasteiger partial charge in [0.15, 0.2) is 9.84 Å². The van der Waals surface area contributed by atoms with Gasteiger partial charge in [0, 0.05) is 25.3 Å². The quantitative estimate of drug-likeness (QED) is 0.795. The van der Waals surface area contributed by atoms with Crippen LogP contribution in [0.2, 0.25) is 0 Å². The Morgan fingerprint density at radius 3 is 2.28 bits per heavy atom. The third-order valence-electron chi connectivity index (χ3n) is 3.37. The summed E-state index contributed by atoms with van der Waals surface area (Å²) < 4.78 is 36.9. The molecule has 0 bridgehead atoms. The summed E-state index contributed by atoms with van der Waals surface area (Å²) in [4.78, 5) is 23.0. The Morgan fingerprint density at radius 2 is 1.72 bits per heavy atom. The van der Waals surface area contributed by atoms with E-state index < -0.39 is 21.6 Å². The number of benzene rings is 2. The molecule has 0 radical (unpaired) electrons. The Morgan fingerprint density at radius 1 is 1.08 bits per heavy atom. The van der Waals surface area contributed by atoms with Gasteiger partial charge in [-0.05, 0) is 35.9 Å². The molecule has 0 heterocycles. The first-order valence-electron chi connectivity index (χ1n) is 7.31. The van der Waals surface area contributed by atoms with Gasteiger partial charge in [0.05, 0.1) is 10.6 Å². The van der Waals surface area contributed by atoms with Gasteiger partial charge in [0.25, 0.3) is 5.91 Å². The summed E-state index contributed by atoms with van der Waals surface area (Å²) in [6, 6.07) is 9.59. The van der Waals surface area contributed by atoms with Crippen LogP contribution in [-0.2, 0) is 21.2 Å². The van der Waals surface area contributed by atoms with Crippen molar-refractivity contribution >= 4 is 27.3 Å². The van der Waals surface area contributed by atoms with E-state index in [4.69, 9.17) is 0 Å². The second kappa shape index (κ2) is 7.43. The molecule has 2 N–H and O–H groups in total. The predicted molar refractivity (Wildman–Crippen MR) is 91.4 cm³/mol. The average molecular weight is 364 g/mol. The predicted octanol–water partition coefficient (Wildman–Crippen LogP) is 2.12. The van der Waals surface area contributed by atoms with Crippen molar-refractivity contribution in [3.8, 4) is 0 Å². The standard InChI is InChI=1S/C17H17FN2O4S/c1-11(21)19-10-12-3-5-13(6-4-12)17(22)20-16-9-14(25(2,23)24)7-8-15(16)18/h3-9H,10H2,1-2H3,(H,19,21)(H,20,22). The molecule has 0 fully saturated rings. The van der Waals surface area contributed by atoms with Crippen LogP contribution in [0.15, 0.2) is 47.4 Å². The number of sulfone groups is 1. The monoisotopic (exact) mass is 364 g/mol. The molecule has 0 aromatic heterocycles. The van der Waals surface area contributed by atoms with E-state index in [2.05, 4.69) is 10.6 Å². The molecule has 25 heavy (non-hydrogen) atoms. The number of hydrogen-bond acceptors (Lipinski definition) is 4. The van der Waals surface area contributed by atoms with E-state index in [9.17, 15) is 22.4 Å². The molecular formula is C17H17FN2O4S. The highest BCUT2D eigenvalue weighted by molar-refractivity contribution is 7.90. The molecule has 8 heteroatoms. The van der Waals surface area contributed by atoms with Crippen LogP contribution in [0.25, 0.3) is 0 Å². The minimum Gasteiger partial charge on any atom is -0.352 e. The van der Waals surface area contributed by atoms with Gasteiger partial charge in [-0.2, -0.15) is 0 Å². The lowest BCUT2D eigenvalue weighted by Crippen LogP contribution is -2.19. The van der Waals surface area contributed by atoms with E-state index >= 15 is 0 Å². The maximum absolute atomic E-state index is 13.8. The molecule has 2 aromatic carbocycles. The zero-order chi connectivity index (χ0) is 18.6. The van der Waals surface area contributed by atoms with Crippen LogP contribution in [0, 0.1) is 5.82 Å².